The van der Waals surface area contributed by atoms with Crippen LogP contribution < -0.4 is 10.6 Å². The quantitative estimate of drug-likeness (QED) is 0.681. The fourth-order valence-electron chi connectivity index (χ4n) is 3.06. The van der Waals surface area contributed by atoms with E-state index < -0.39 is 0 Å². The van der Waals surface area contributed by atoms with Crippen molar-refractivity contribution in [2.24, 2.45) is 11.8 Å². The topological polar surface area (TPSA) is 55.6 Å². The van der Waals surface area contributed by atoms with E-state index in [0.29, 0.717) is 29.7 Å². The van der Waals surface area contributed by atoms with Crippen LogP contribution in [0.5, 0.6) is 0 Å². The Balaban J connectivity index is 2.32. The Labute approximate surface area is 120 Å². The number of nitrogens with two attached hydrogens (primary N) is 1. The molecule has 0 aliphatic carbocycles. The maximum atomic E-state index is 12.1. The first-order valence-electron chi connectivity index (χ1n) is 7.32. The summed E-state index contributed by atoms with van der Waals surface area (Å²) in [5.41, 5.74) is 7.93. The summed E-state index contributed by atoms with van der Waals surface area (Å²) in [6.07, 6.45) is 1.24. The van der Waals surface area contributed by atoms with Gasteiger partial charge >= 0.3 is 5.97 Å². The van der Waals surface area contributed by atoms with Crippen molar-refractivity contribution in [3.63, 3.8) is 0 Å². The van der Waals surface area contributed by atoms with Gasteiger partial charge in [-0.25, -0.2) is 4.79 Å². The zero-order chi connectivity index (χ0) is 14.7. The lowest BCUT2D eigenvalue weighted by atomic mass is 9.91. The third kappa shape index (κ3) is 3.24. The summed E-state index contributed by atoms with van der Waals surface area (Å²) < 4.78 is 5.15. The van der Waals surface area contributed by atoms with Crippen molar-refractivity contribution in [2.45, 2.75) is 27.2 Å². The molecule has 2 N–H and O–H groups in total. The molecule has 2 unspecified atom stereocenters. The Bertz CT molecular complexity index is 477. The van der Waals surface area contributed by atoms with E-state index in [9.17, 15) is 4.79 Å². The lowest BCUT2D eigenvalue weighted by molar-refractivity contribution is 0.0527. The van der Waals surface area contributed by atoms with E-state index in [-0.39, 0.29) is 5.97 Å². The SMILES string of the molecule is CCOC(=O)c1cc(N)ccc1N1CC(C)CC(C)C1. The highest BCUT2D eigenvalue weighted by molar-refractivity contribution is 5.97. The van der Waals surface area contributed by atoms with Crippen molar-refractivity contribution >= 4 is 17.3 Å². The first kappa shape index (κ1) is 14.7. The molecular weight excluding hydrogens is 252 g/mol. The van der Waals surface area contributed by atoms with E-state index in [2.05, 4.69) is 18.7 Å². The third-order valence-corrected chi connectivity index (χ3v) is 3.73. The van der Waals surface area contributed by atoms with Gasteiger partial charge in [-0.15, -0.1) is 0 Å². The Hall–Kier alpha value is -1.71. The van der Waals surface area contributed by atoms with Gasteiger partial charge in [0, 0.05) is 18.8 Å². The van der Waals surface area contributed by atoms with Crippen molar-refractivity contribution in [1.82, 2.24) is 0 Å². The van der Waals surface area contributed by atoms with E-state index in [1.807, 2.05) is 19.1 Å². The lowest BCUT2D eigenvalue weighted by Gasteiger charge is -2.37. The summed E-state index contributed by atoms with van der Waals surface area (Å²) in [4.78, 5) is 14.4. The van der Waals surface area contributed by atoms with Crippen molar-refractivity contribution in [3.05, 3.63) is 23.8 Å². The largest absolute Gasteiger partial charge is 0.462 e. The molecule has 2 rings (SSSR count). The summed E-state index contributed by atoms with van der Waals surface area (Å²) >= 11 is 0. The molecule has 0 aromatic heterocycles. The lowest BCUT2D eigenvalue weighted by Crippen LogP contribution is -2.39. The molecule has 110 valence electrons. The molecule has 1 fully saturated rings. The number of carbonyl (C=O) groups is 1. The molecule has 1 aliphatic heterocycles. The van der Waals surface area contributed by atoms with Gasteiger partial charge in [0.15, 0.2) is 0 Å². The van der Waals surface area contributed by atoms with Gasteiger partial charge in [-0.1, -0.05) is 13.8 Å². The second-order valence-corrected chi connectivity index (χ2v) is 5.85. The van der Waals surface area contributed by atoms with Crippen LogP contribution in [0.2, 0.25) is 0 Å². The van der Waals surface area contributed by atoms with Gasteiger partial charge in [0.05, 0.1) is 17.9 Å². The fourth-order valence-corrected chi connectivity index (χ4v) is 3.06. The number of esters is 1. The predicted octanol–water partition coefficient (Wildman–Crippen LogP) is 2.93. The minimum Gasteiger partial charge on any atom is -0.462 e. The van der Waals surface area contributed by atoms with Crippen LogP contribution in [0.25, 0.3) is 0 Å². The maximum absolute atomic E-state index is 12.1. The molecule has 20 heavy (non-hydrogen) atoms. The van der Waals surface area contributed by atoms with Gasteiger partial charge in [0.25, 0.3) is 0 Å². The average Bonchev–Trinajstić information content (AvgIpc) is 2.37. The third-order valence-electron chi connectivity index (χ3n) is 3.73. The van der Waals surface area contributed by atoms with Gasteiger partial charge < -0.3 is 15.4 Å². The van der Waals surface area contributed by atoms with Crippen LogP contribution in [-0.2, 0) is 4.74 Å². The molecule has 1 aliphatic rings. The van der Waals surface area contributed by atoms with Crippen molar-refractivity contribution in [1.29, 1.82) is 0 Å². The van der Waals surface area contributed by atoms with Crippen LogP contribution in [0.1, 0.15) is 37.6 Å². The molecular formula is C16H24N2O2. The van der Waals surface area contributed by atoms with Crippen molar-refractivity contribution in [3.8, 4) is 0 Å². The van der Waals surface area contributed by atoms with E-state index in [0.717, 1.165) is 18.8 Å². The minimum absolute atomic E-state index is 0.291. The van der Waals surface area contributed by atoms with E-state index in [1.54, 1.807) is 6.07 Å². The molecule has 0 bridgehead atoms. The summed E-state index contributed by atoms with van der Waals surface area (Å²) in [6.45, 7) is 8.64. The van der Waals surface area contributed by atoms with E-state index in [4.69, 9.17) is 10.5 Å². The Morgan fingerprint density at radius 2 is 2.00 bits per heavy atom. The number of nitrogen functional groups attached to an aromatic ring is 1. The number of carbonyl (C=O) groups excluding carboxylic acids is 1. The Morgan fingerprint density at radius 1 is 1.35 bits per heavy atom. The molecule has 2 atom stereocenters. The Morgan fingerprint density at radius 3 is 2.60 bits per heavy atom. The minimum atomic E-state index is -0.291. The number of anilines is 2. The summed E-state index contributed by atoms with van der Waals surface area (Å²) in [5, 5.41) is 0. The highest BCUT2D eigenvalue weighted by atomic mass is 16.5. The van der Waals surface area contributed by atoms with E-state index >= 15 is 0 Å². The van der Waals surface area contributed by atoms with Crippen molar-refractivity contribution < 1.29 is 9.53 Å². The molecule has 4 nitrogen and oxygen atoms in total. The second-order valence-electron chi connectivity index (χ2n) is 5.85. The van der Waals surface area contributed by atoms with Crippen molar-refractivity contribution in [2.75, 3.05) is 30.3 Å². The van der Waals surface area contributed by atoms with Crippen LogP contribution in [0.3, 0.4) is 0 Å². The molecule has 4 heteroatoms. The fraction of sp³-hybridized carbons (Fsp3) is 0.562. The zero-order valence-corrected chi connectivity index (χ0v) is 12.6. The number of hydrogen-bond donors (Lipinski definition) is 1. The highest BCUT2D eigenvalue weighted by Crippen LogP contribution is 2.30. The van der Waals surface area contributed by atoms with Gasteiger partial charge in [0.2, 0.25) is 0 Å². The van der Waals surface area contributed by atoms with Crippen LogP contribution in [-0.4, -0.2) is 25.7 Å². The van der Waals surface area contributed by atoms with E-state index in [1.165, 1.54) is 6.42 Å². The molecule has 1 aromatic carbocycles. The number of benzene rings is 1. The molecule has 0 amide bonds. The molecule has 0 spiro atoms. The predicted molar refractivity (Wildman–Crippen MR) is 82.0 cm³/mol. The Kier molecular flexibility index (Phi) is 4.53. The summed E-state index contributed by atoms with van der Waals surface area (Å²) in [5.74, 6) is 0.971. The van der Waals surface area contributed by atoms with Crippen LogP contribution in [0.4, 0.5) is 11.4 Å². The molecule has 0 radical (unpaired) electrons. The second kappa shape index (κ2) is 6.16. The van der Waals surface area contributed by atoms with Crippen LogP contribution >= 0.6 is 0 Å². The van der Waals surface area contributed by atoms with Crippen LogP contribution in [0, 0.1) is 11.8 Å². The summed E-state index contributed by atoms with van der Waals surface area (Å²) in [7, 11) is 0. The normalized spacial score (nSPS) is 22.6. The van der Waals surface area contributed by atoms with Crippen LogP contribution in [0.15, 0.2) is 18.2 Å². The monoisotopic (exact) mass is 276 g/mol. The molecule has 1 aromatic rings. The molecule has 0 saturated carbocycles. The smallest absolute Gasteiger partial charge is 0.340 e. The first-order valence-corrected chi connectivity index (χ1v) is 7.32. The number of nitrogens with zero attached hydrogens (tertiary/aromatic N) is 1. The van der Waals surface area contributed by atoms with Gasteiger partial charge in [0.1, 0.15) is 0 Å². The first-order chi connectivity index (χ1) is 9.51. The maximum Gasteiger partial charge on any atom is 0.340 e. The average molecular weight is 276 g/mol. The number of hydrogen-bond acceptors (Lipinski definition) is 4. The molecule has 1 saturated heterocycles. The molecule has 1 heterocycles. The number of ether oxygens (including phenoxy) is 1. The standard InChI is InChI=1S/C16H24N2O2/c1-4-20-16(19)14-8-13(17)5-6-15(14)18-9-11(2)7-12(3)10-18/h5-6,8,11-12H,4,7,9-10,17H2,1-3H3. The number of rotatable bonds is 3. The summed E-state index contributed by atoms with van der Waals surface area (Å²) in [6, 6.07) is 5.51. The zero-order valence-electron chi connectivity index (χ0n) is 12.6. The van der Waals surface area contributed by atoms with Gasteiger partial charge in [-0.2, -0.15) is 0 Å². The van der Waals surface area contributed by atoms with Gasteiger partial charge in [-0.3, -0.25) is 0 Å². The highest BCUT2D eigenvalue weighted by Gasteiger charge is 2.25. The van der Waals surface area contributed by atoms with Gasteiger partial charge in [-0.05, 0) is 43.4 Å². The number of piperidine rings is 1.